The van der Waals surface area contributed by atoms with Crippen LogP contribution in [0, 0.1) is 34.0 Å². The lowest BCUT2D eigenvalue weighted by molar-refractivity contribution is -0.137. The zero-order valence-corrected chi connectivity index (χ0v) is 62.0. The van der Waals surface area contributed by atoms with E-state index in [4.69, 9.17) is 15.3 Å². The SMILES string of the molecule is N#Cc1c(-c2ccc(-c3ccccc3)cc2)nc(SCc2ccc(-n3cc(CC(=O)O)nn3)cc2)[nH]c1=O.N#Cc1c(-c2ccc(-c3ccccc3)cc2)nc(SCc2ccc(-n3cc(CCC(=O)O)nn3)cc2)[nH]c1=O.N#Cc1c(-c2ccc(-c3ccccc3)cc2)nc(SCc2ccc(-n3cc(CO)nn3)cc2)[nH]c1=O. The minimum absolute atomic E-state index is 0.00103. The molecule has 6 heterocycles. The topological polar surface area (TPSA) is 396 Å². The molecular formula is C84H62N18O8S3. The second kappa shape index (κ2) is 36.6. The molecule has 113 heavy (non-hydrogen) atoms. The van der Waals surface area contributed by atoms with Crippen LogP contribution in [0.3, 0.4) is 0 Å². The summed E-state index contributed by atoms with van der Waals surface area (Å²) in [7, 11) is 0. The van der Waals surface area contributed by atoms with Crippen LogP contribution < -0.4 is 16.7 Å². The van der Waals surface area contributed by atoms with Gasteiger partial charge < -0.3 is 30.3 Å². The largest absolute Gasteiger partial charge is 0.481 e. The van der Waals surface area contributed by atoms with Gasteiger partial charge in [-0.05, 0) is 86.5 Å². The van der Waals surface area contributed by atoms with Crippen molar-refractivity contribution in [3.8, 4) is 102 Å². The Bertz CT molecular complexity index is 6180. The average Bonchev–Trinajstić information content (AvgIpc) is 1.55. The maximum atomic E-state index is 12.7. The van der Waals surface area contributed by atoms with Gasteiger partial charge in [0, 0.05) is 40.4 Å². The van der Waals surface area contributed by atoms with Crippen molar-refractivity contribution in [2.45, 2.75) is 58.6 Å². The summed E-state index contributed by atoms with van der Waals surface area (Å²) in [6, 6.07) is 81.7. The Balaban J connectivity index is 0.000000148. The van der Waals surface area contributed by atoms with E-state index in [-0.39, 0.29) is 36.1 Å². The van der Waals surface area contributed by atoms with E-state index in [1.807, 2.05) is 255 Å². The van der Waals surface area contributed by atoms with Crippen molar-refractivity contribution >= 4 is 47.2 Å². The number of thioether (sulfide) groups is 3. The number of aliphatic hydroxyl groups excluding tert-OH is 1. The molecule has 15 aromatic rings. The number of H-pyrrole nitrogens is 3. The highest BCUT2D eigenvalue weighted by Crippen LogP contribution is 2.32. The van der Waals surface area contributed by atoms with Crippen molar-refractivity contribution in [2.24, 2.45) is 0 Å². The van der Waals surface area contributed by atoms with Gasteiger partial charge in [-0.1, -0.05) is 251 Å². The molecule has 0 radical (unpaired) electrons. The predicted molar refractivity (Wildman–Crippen MR) is 427 cm³/mol. The Morgan fingerprint density at radius 3 is 0.938 bits per heavy atom. The molecule has 0 saturated heterocycles. The van der Waals surface area contributed by atoms with Gasteiger partial charge in [0.15, 0.2) is 15.5 Å². The van der Waals surface area contributed by atoms with E-state index in [1.54, 1.807) is 28.0 Å². The smallest absolute Gasteiger partial charge is 0.309 e. The highest BCUT2D eigenvalue weighted by Gasteiger charge is 2.19. The molecule has 6 N–H and O–H groups in total. The van der Waals surface area contributed by atoms with E-state index in [9.17, 15) is 39.8 Å². The van der Waals surface area contributed by atoms with Crippen molar-refractivity contribution < 1.29 is 24.9 Å². The molecule has 0 saturated carbocycles. The third-order valence-electron chi connectivity index (χ3n) is 17.3. The van der Waals surface area contributed by atoms with Gasteiger partial charge in [0.05, 0.1) is 83.6 Å². The van der Waals surface area contributed by atoms with Gasteiger partial charge in [-0.15, -0.1) is 15.3 Å². The first-order chi connectivity index (χ1) is 55.1. The fourth-order valence-electron chi connectivity index (χ4n) is 11.5. The number of nitriles is 3. The number of hydrogen-bond acceptors (Lipinski definition) is 21. The fourth-order valence-corrected chi connectivity index (χ4v) is 13.9. The van der Waals surface area contributed by atoms with E-state index in [2.05, 4.69) is 60.8 Å². The zero-order valence-electron chi connectivity index (χ0n) is 59.5. The van der Waals surface area contributed by atoms with Gasteiger partial charge >= 0.3 is 11.9 Å². The van der Waals surface area contributed by atoms with Gasteiger partial charge in [-0.25, -0.2) is 29.0 Å². The van der Waals surface area contributed by atoms with E-state index in [0.29, 0.717) is 90.0 Å². The summed E-state index contributed by atoms with van der Waals surface area (Å²) in [6.07, 6.45) is 5.09. The summed E-state index contributed by atoms with van der Waals surface area (Å²) < 4.78 is 4.71. The maximum Gasteiger partial charge on any atom is 0.309 e. The van der Waals surface area contributed by atoms with Crippen LogP contribution in [0.1, 0.15) is 56.9 Å². The maximum absolute atomic E-state index is 12.7. The predicted octanol–water partition coefficient (Wildman–Crippen LogP) is 13.7. The van der Waals surface area contributed by atoms with Crippen molar-refractivity contribution in [1.82, 2.24) is 74.9 Å². The van der Waals surface area contributed by atoms with Gasteiger partial charge in [0.25, 0.3) is 16.7 Å². The molecule has 15 rings (SSSR count). The lowest BCUT2D eigenvalue weighted by atomic mass is 10.0. The minimum atomic E-state index is -0.966. The van der Waals surface area contributed by atoms with Crippen LogP contribution in [-0.4, -0.2) is 102 Å². The number of nitrogens with one attached hydrogen (secondary N) is 3. The van der Waals surface area contributed by atoms with E-state index < -0.39 is 28.6 Å². The molecule has 6 aromatic heterocycles. The Hall–Kier alpha value is -14.5. The molecule has 0 amide bonds. The highest BCUT2D eigenvalue weighted by atomic mass is 32.2. The van der Waals surface area contributed by atoms with Crippen LogP contribution in [-0.2, 0) is 46.3 Å². The Morgan fingerprint density at radius 1 is 0.363 bits per heavy atom. The van der Waals surface area contributed by atoms with Crippen molar-refractivity contribution in [1.29, 1.82) is 15.8 Å². The van der Waals surface area contributed by atoms with Gasteiger partial charge in [0.2, 0.25) is 0 Å². The van der Waals surface area contributed by atoms with Crippen LogP contribution in [0.25, 0.3) is 84.2 Å². The number of hydrogen-bond donors (Lipinski definition) is 6. The molecule has 0 fully saturated rings. The standard InChI is InChI=1S/C29H22N6O3S.C28H20N6O3S.C27H20N6O2S/c30-16-25-27(22-10-8-21(9-11-22)20-4-2-1-3-5-20)31-29(32-28(25)38)39-18-19-6-13-24(14-7-19)35-17-23(33-34-35)12-15-26(36)37;29-15-24-26(21-10-8-20(9-11-21)19-4-2-1-3-5-19)30-28(31-27(24)37)38-17-18-6-12-23(13-7-18)34-16-22(32-33-34)14-25(35)36;28-14-24-25(21-10-8-20(9-11-21)19-4-2-1-3-5-19)29-27(30-26(24)35)36-17-18-6-12-23(13-7-18)33-15-22(16-34)31-32-33/h1-11,13-14,17H,12,15,18H2,(H,36,37)(H,31,32,38);1-13,16H,14,17H2,(H,35,36)(H,30,31,37);1-13,15,34H,16-17H2,(H,29,30,35). The monoisotopic (exact) mass is 1550 g/mol. The van der Waals surface area contributed by atoms with Gasteiger partial charge in [-0.3, -0.25) is 24.0 Å². The fraction of sp³-hybridized carbons (Fsp3) is 0.0833. The molecule has 0 aliphatic rings. The first-order valence-electron chi connectivity index (χ1n) is 34.7. The number of aliphatic carboxylic acids is 2. The van der Waals surface area contributed by atoms with Crippen LogP contribution in [0.2, 0.25) is 0 Å². The van der Waals surface area contributed by atoms with Gasteiger partial charge in [0.1, 0.15) is 40.6 Å². The van der Waals surface area contributed by atoms with E-state index in [0.717, 1.165) is 67.1 Å². The zero-order chi connectivity index (χ0) is 78.6. The van der Waals surface area contributed by atoms with Crippen molar-refractivity contribution in [2.75, 3.05) is 0 Å². The third kappa shape index (κ3) is 19.7. The number of aryl methyl sites for hydroxylation is 1. The van der Waals surface area contributed by atoms with Crippen molar-refractivity contribution in [3.63, 3.8) is 0 Å². The molecule has 9 aromatic carbocycles. The first-order valence-corrected chi connectivity index (χ1v) is 37.7. The number of carbonyl (C=O) groups is 2. The number of carboxylic acids is 2. The average molecular weight is 1550 g/mol. The molecule has 29 heteroatoms. The number of benzene rings is 9. The molecule has 0 unspecified atom stereocenters. The summed E-state index contributed by atoms with van der Waals surface area (Å²) in [4.78, 5) is 81.5. The Morgan fingerprint density at radius 2 is 0.646 bits per heavy atom. The second-order valence-electron chi connectivity index (χ2n) is 24.9. The molecule has 0 spiro atoms. The van der Waals surface area contributed by atoms with E-state index in [1.165, 1.54) is 40.0 Å². The molecule has 0 bridgehead atoms. The van der Waals surface area contributed by atoms with Crippen LogP contribution in [0.4, 0.5) is 0 Å². The first kappa shape index (κ1) is 76.6. The molecule has 0 aliphatic carbocycles. The highest BCUT2D eigenvalue weighted by molar-refractivity contribution is 7.98. The van der Waals surface area contributed by atoms with E-state index >= 15 is 0 Å². The molecule has 554 valence electrons. The normalized spacial score (nSPS) is 10.7. The number of carboxylic acid groups (broad SMARTS) is 2. The summed E-state index contributed by atoms with van der Waals surface area (Å²) in [6.45, 7) is -0.163. The molecule has 0 aliphatic heterocycles. The molecule has 26 nitrogen and oxygen atoms in total. The third-order valence-corrected chi connectivity index (χ3v) is 20.1. The van der Waals surface area contributed by atoms with Crippen molar-refractivity contribution in [3.05, 3.63) is 337 Å². The Kier molecular flexibility index (Phi) is 24.8. The number of rotatable bonds is 24. The lowest BCUT2D eigenvalue weighted by Gasteiger charge is -2.08. The van der Waals surface area contributed by atoms with Gasteiger partial charge in [-0.2, -0.15) is 15.8 Å². The summed E-state index contributed by atoms with van der Waals surface area (Å²) in [5, 5.41) is 80.8. The lowest BCUT2D eigenvalue weighted by Crippen LogP contribution is -2.14. The summed E-state index contributed by atoms with van der Waals surface area (Å²) >= 11 is 4.10. The van der Waals surface area contributed by atoms with Crippen LogP contribution >= 0.6 is 35.3 Å². The number of aromatic nitrogens is 15. The quantitative estimate of drug-likeness (QED) is 0.0242. The Labute approximate surface area is 656 Å². The number of nitrogens with zero attached hydrogens (tertiary/aromatic N) is 15. The second-order valence-corrected chi connectivity index (χ2v) is 27.8. The summed E-state index contributed by atoms with van der Waals surface area (Å²) in [5.41, 5.74) is 14.8. The van der Waals surface area contributed by atoms with Crippen LogP contribution in [0.15, 0.2) is 285 Å². The minimum Gasteiger partial charge on any atom is -0.481 e. The number of aliphatic hydroxyl groups is 1. The van der Waals surface area contributed by atoms with Crippen LogP contribution in [0.5, 0.6) is 0 Å². The number of aromatic amines is 3. The molecular weight excluding hydrogens is 1490 g/mol. The summed E-state index contributed by atoms with van der Waals surface area (Å²) in [5.74, 6) is -0.198. The molecule has 0 atom stereocenters.